The molecule has 5 aromatic rings. The predicted octanol–water partition coefficient (Wildman–Crippen LogP) is 4.69. The maximum absolute atomic E-state index is 5.27. The van der Waals surface area contributed by atoms with Crippen LogP contribution in [0.5, 0.6) is 5.88 Å². The lowest BCUT2D eigenvalue weighted by atomic mass is 10.1. The van der Waals surface area contributed by atoms with Crippen molar-refractivity contribution in [2.24, 2.45) is 0 Å². The maximum Gasteiger partial charge on any atom is 0.214 e. The number of aryl methyl sites for hydroxylation is 1. The molecule has 9 nitrogen and oxygen atoms in total. The molecule has 0 aliphatic carbocycles. The SMILES string of the molecule is COc1cccc(Nc2nc(-c3ccccn3)nn3cc(-c4ccn(C(C)C)n4)c(C)c23)n1. The molecule has 0 atom stereocenters. The summed E-state index contributed by atoms with van der Waals surface area (Å²) in [6.45, 7) is 6.26. The molecule has 166 valence electrons. The molecule has 0 radical (unpaired) electrons. The molecule has 0 amide bonds. The molecule has 0 unspecified atom stereocenters. The summed E-state index contributed by atoms with van der Waals surface area (Å²) in [6.07, 6.45) is 5.70. The first kappa shape index (κ1) is 20.6. The Morgan fingerprint density at radius 1 is 0.970 bits per heavy atom. The first-order chi connectivity index (χ1) is 16.0. The van der Waals surface area contributed by atoms with Crippen LogP contribution in [0, 0.1) is 6.92 Å². The molecule has 0 aliphatic rings. The van der Waals surface area contributed by atoms with Gasteiger partial charge in [0, 0.05) is 36.3 Å². The highest BCUT2D eigenvalue weighted by Crippen LogP contribution is 2.32. The van der Waals surface area contributed by atoms with E-state index in [9.17, 15) is 0 Å². The van der Waals surface area contributed by atoms with E-state index < -0.39 is 0 Å². The number of methoxy groups -OCH3 is 1. The number of fused-ring (bicyclic) bond motifs is 1. The monoisotopic (exact) mass is 440 g/mol. The number of hydrogen-bond donors (Lipinski definition) is 1. The number of ether oxygens (including phenoxy) is 1. The second kappa shape index (κ2) is 8.34. The first-order valence-corrected chi connectivity index (χ1v) is 10.7. The van der Waals surface area contributed by atoms with Crippen molar-refractivity contribution in [2.75, 3.05) is 12.4 Å². The average Bonchev–Trinajstić information content (AvgIpc) is 3.45. The number of pyridine rings is 2. The number of nitrogens with one attached hydrogen (secondary N) is 1. The molecule has 0 saturated heterocycles. The van der Waals surface area contributed by atoms with Gasteiger partial charge in [0.05, 0.1) is 12.8 Å². The van der Waals surface area contributed by atoms with Gasteiger partial charge in [0.2, 0.25) is 11.7 Å². The molecular weight excluding hydrogens is 416 g/mol. The summed E-state index contributed by atoms with van der Waals surface area (Å²) in [4.78, 5) is 13.7. The second-order valence-electron chi connectivity index (χ2n) is 7.92. The van der Waals surface area contributed by atoms with Crippen molar-refractivity contribution in [2.45, 2.75) is 26.8 Å². The standard InChI is InChI=1S/C24H24N8O/c1-15(2)31-13-11-18(29-31)17-14-32-22(16(17)3)24(27-20-9-7-10-21(26-20)33-4)28-23(30-32)19-8-5-6-12-25-19/h5-15H,1-4H3,(H,26,27,28,30). The third-order valence-electron chi connectivity index (χ3n) is 5.37. The minimum Gasteiger partial charge on any atom is -0.481 e. The lowest BCUT2D eigenvalue weighted by Crippen LogP contribution is -2.05. The molecule has 9 heteroatoms. The van der Waals surface area contributed by atoms with E-state index in [1.165, 1.54) is 0 Å². The van der Waals surface area contributed by atoms with Crippen LogP contribution in [0.15, 0.2) is 61.1 Å². The van der Waals surface area contributed by atoms with Crippen LogP contribution in [-0.4, -0.2) is 41.5 Å². The fraction of sp³-hybridized carbons (Fsp3) is 0.208. The van der Waals surface area contributed by atoms with Crippen LogP contribution < -0.4 is 10.1 Å². The van der Waals surface area contributed by atoms with Crippen molar-refractivity contribution in [3.63, 3.8) is 0 Å². The van der Waals surface area contributed by atoms with Gasteiger partial charge in [-0.1, -0.05) is 12.1 Å². The van der Waals surface area contributed by atoms with Gasteiger partial charge in [0.25, 0.3) is 0 Å². The van der Waals surface area contributed by atoms with E-state index >= 15 is 0 Å². The third-order valence-corrected chi connectivity index (χ3v) is 5.37. The largest absolute Gasteiger partial charge is 0.481 e. The molecule has 5 heterocycles. The summed E-state index contributed by atoms with van der Waals surface area (Å²) in [7, 11) is 1.59. The zero-order valence-electron chi connectivity index (χ0n) is 18.9. The van der Waals surface area contributed by atoms with E-state index in [0.29, 0.717) is 29.0 Å². The van der Waals surface area contributed by atoms with E-state index in [-0.39, 0.29) is 6.04 Å². The highest BCUT2D eigenvalue weighted by molar-refractivity contribution is 5.84. The highest BCUT2D eigenvalue weighted by Gasteiger charge is 2.19. The zero-order chi connectivity index (χ0) is 22.9. The van der Waals surface area contributed by atoms with Crippen molar-refractivity contribution >= 4 is 17.2 Å². The molecule has 5 aromatic heterocycles. The molecule has 0 spiro atoms. The number of hydrogen-bond acceptors (Lipinski definition) is 7. The summed E-state index contributed by atoms with van der Waals surface area (Å²) in [5.41, 5.74) is 4.41. The summed E-state index contributed by atoms with van der Waals surface area (Å²) in [6, 6.07) is 13.5. The fourth-order valence-electron chi connectivity index (χ4n) is 3.67. The van der Waals surface area contributed by atoms with E-state index in [0.717, 1.165) is 22.3 Å². The van der Waals surface area contributed by atoms with Crippen molar-refractivity contribution in [3.05, 3.63) is 66.6 Å². The Bertz CT molecular complexity index is 1420. The summed E-state index contributed by atoms with van der Waals surface area (Å²) < 4.78 is 9.05. The van der Waals surface area contributed by atoms with Crippen molar-refractivity contribution < 1.29 is 4.74 Å². The topological polar surface area (TPSA) is 95.1 Å². The summed E-state index contributed by atoms with van der Waals surface area (Å²) in [5.74, 6) is 2.26. The molecule has 0 fully saturated rings. The van der Waals surface area contributed by atoms with E-state index in [1.807, 2.05) is 64.9 Å². The molecule has 0 bridgehead atoms. The van der Waals surface area contributed by atoms with Gasteiger partial charge in [-0.15, -0.1) is 5.10 Å². The van der Waals surface area contributed by atoms with Gasteiger partial charge in [0.1, 0.15) is 17.0 Å². The molecule has 0 aromatic carbocycles. The van der Waals surface area contributed by atoms with Crippen LogP contribution in [0.3, 0.4) is 0 Å². The van der Waals surface area contributed by atoms with Crippen LogP contribution in [-0.2, 0) is 0 Å². The Morgan fingerprint density at radius 3 is 2.58 bits per heavy atom. The highest BCUT2D eigenvalue weighted by atomic mass is 16.5. The van der Waals surface area contributed by atoms with Crippen LogP contribution >= 0.6 is 0 Å². The van der Waals surface area contributed by atoms with Crippen LogP contribution in [0.4, 0.5) is 11.6 Å². The molecule has 1 N–H and O–H groups in total. The van der Waals surface area contributed by atoms with E-state index in [2.05, 4.69) is 29.1 Å². The van der Waals surface area contributed by atoms with Gasteiger partial charge in [-0.05, 0) is 50.6 Å². The molecule has 0 aliphatic heterocycles. The Hall–Kier alpha value is -4.27. The Labute approximate surface area is 191 Å². The average molecular weight is 441 g/mol. The maximum atomic E-state index is 5.27. The molecule has 0 saturated carbocycles. The predicted molar refractivity (Wildman–Crippen MR) is 127 cm³/mol. The number of anilines is 2. The minimum absolute atomic E-state index is 0.281. The third kappa shape index (κ3) is 3.89. The molecule has 5 rings (SSSR count). The molecular formula is C24H24N8O. The van der Waals surface area contributed by atoms with Crippen molar-refractivity contribution in [3.8, 4) is 28.7 Å². The Morgan fingerprint density at radius 2 is 1.85 bits per heavy atom. The Balaban J connectivity index is 1.69. The van der Waals surface area contributed by atoms with Crippen LogP contribution in [0.2, 0.25) is 0 Å². The van der Waals surface area contributed by atoms with Crippen LogP contribution in [0.1, 0.15) is 25.5 Å². The van der Waals surface area contributed by atoms with Gasteiger partial charge in [-0.2, -0.15) is 10.1 Å². The summed E-state index contributed by atoms with van der Waals surface area (Å²) in [5, 5.41) is 12.8. The van der Waals surface area contributed by atoms with Crippen molar-refractivity contribution in [1.29, 1.82) is 0 Å². The number of rotatable bonds is 6. The quantitative estimate of drug-likeness (QED) is 0.409. The smallest absolute Gasteiger partial charge is 0.214 e. The lowest BCUT2D eigenvalue weighted by Gasteiger charge is -2.10. The molecule has 33 heavy (non-hydrogen) atoms. The minimum atomic E-state index is 0.281. The second-order valence-corrected chi connectivity index (χ2v) is 7.92. The van der Waals surface area contributed by atoms with Gasteiger partial charge in [0.15, 0.2) is 5.82 Å². The Kier molecular flexibility index (Phi) is 5.21. The van der Waals surface area contributed by atoms with E-state index in [4.69, 9.17) is 19.9 Å². The van der Waals surface area contributed by atoms with Gasteiger partial charge >= 0.3 is 0 Å². The van der Waals surface area contributed by atoms with E-state index in [1.54, 1.807) is 19.4 Å². The number of aromatic nitrogens is 7. The van der Waals surface area contributed by atoms with Crippen molar-refractivity contribution in [1.82, 2.24) is 34.3 Å². The lowest BCUT2D eigenvalue weighted by molar-refractivity contribution is 0.398. The van der Waals surface area contributed by atoms with Gasteiger partial charge < -0.3 is 10.1 Å². The zero-order valence-corrected chi connectivity index (χ0v) is 18.9. The fourth-order valence-corrected chi connectivity index (χ4v) is 3.67. The normalized spacial score (nSPS) is 11.3. The van der Waals surface area contributed by atoms with Crippen LogP contribution in [0.25, 0.3) is 28.3 Å². The van der Waals surface area contributed by atoms with Gasteiger partial charge in [-0.25, -0.2) is 9.50 Å². The number of nitrogens with zero attached hydrogens (tertiary/aromatic N) is 7. The first-order valence-electron chi connectivity index (χ1n) is 10.7. The summed E-state index contributed by atoms with van der Waals surface area (Å²) >= 11 is 0. The van der Waals surface area contributed by atoms with Gasteiger partial charge in [-0.3, -0.25) is 9.67 Å².